The van der Waals surface area contributed by atoms with E-state index in [1.807, 2.05) is 18.2 Å². The largest absolute Gasteiger partial charge is 0.288 e. The van der Waals surface area contributed by atoms with Gasteiger partial charge in [0.05, 0.1) is 17.3 Å². The standard InChI is InChI=1S/C15H11FN2O/c1-10-5-6-11(8-13(10)16)15(19)12-9-17-18-7-3-2-4-14(12)18/h2-9H,1H3. The number of fused-ring (bicyclic) bond motifs is 1. The summed E-state index contributed by atoms with van der Waals surface area (Å²) in [5.41, 5.74) is 2.05. The molecule has 0 amide bonds. The number of pyridine rings is 1. The van der Waals surface area contributed by atoms with E-state index < -0.39 is 0 Å². The zero-order chi connectivity index (χ0) is 13.4. The minimum atomic E-state index is -0.373. The molecule has 0 spiro atoms. The van der Waals surface area contributed by atoms with E-state index in [0.29, 0.717) is 22.2 Å². The Labute approximate surface area is 109 Å². The number of ketones is 1. The van der Waals surface area contributed by atoms with Gasteiger partial charge in [-0.3, -0.25) is 4.79 Å². The predicted octanol–water partition coefficient (Wildman–Crippen LogP) is 3.01. The number of benzene rings is 1. The molecular weight excluding hydrogens is 243 g/mol. The average molecular weight is 254 g/mol. The predicted molar refractivity (Wildman–Crippen MR) is 69.8 cm³/mol. The lowest BCUT2D eigenvalue weighted by atomic mass is 10.0. The van der Waals surface area contributed by atoms with Crippen LogP contribution in [0.5, 0.6) is 0 Å². The first-order valence-electron chi connectivity index (χ1n) is 5.90. The molecule has 94 valence electrons. The third kappa shape index (κ3) is 1.91. The van der Waals surface area contributed by atoms with Gasteiger partial charge in [0.1, 0.15) is 5.82 Å². The Morgan fingerprint density at radius 1 is 1.26 bits per heavy atom. The summed E-state index contributed by atoms with van der Waals surface area (Å²) in [6.45, 7) is 1.67. The molecule has 4 heteroatoms. The van der Waals surface area contributed by atoms with E-state index in [-0.39, 0.29) is 11.6 Å². The monoisotopic (exact) mass is 254 g/mol. The molecule has 0 N–H and O–H groups in total. The summed E-state index contributed by atoms with van der Waals surface area (Å²) in [7, 11) is 0. The topological polar surface area (TPSA) is 34.4 Å². The van der Waals surface area contributed by atoms with Gasteiger partial charge >= 0.3 is 0 Å². The minimum absolute atomic E-state index is 0.222. The van der Waals surface area contributed by atoms with E-state index in [2.05, 4.69) is 5.10 Å². The van der Waals surface area contributed by atoms with E-state index in [0.717, 1.165) is 0 Å². The summed E-state index contributed by atoms with van der Waals surface area (Å²) >= 11 is 0. The number of rotatable bonds is 2. The highest BCUT2D eigenvalue weighted by Gasteiger charge is 2.15. The summed E-state index contributed by atoms with van der Waals surface area (Å²) < 4.78 is 15.1. The second-order valence-electron chi connectivity index (χ2n) is 4.38. The Kier molecular flexibility index (Phi) is 2.63. The Hall–Kier alpha value is -2.49. The fourth-order valence-corrected chi connectivity index (χ4v) is 2.00. The molecule has 19 heavy (non-hydrogen) atoms. The number of hydrogen-bond donors (Lipinski definition) is 0. The third-order valence-electron chi connectivity index (χ3n) is 3.11. The Morgan fingerprint density at radius 2 is 2.11 bits per heavy atom. The second kappa shape index (κ2) is 4.31. The van der Waals surface area contributed by atoms with Gasteiger partial charge in [0.15, 0.2) is 5.78 Å². The van der Waals surface area contributed by atoms with Crippen LogP contribution in [0.3, 0.4) is 0 Å². The molecule has 0 saturated heterocycles. The van der Waals surface area contributed by atoms with Crippen molar-refractivity contribution >= 4 is 11.3 Å². The molecule has 2 heterocycles. The average Bonchev–Trinajstić information content (AvgIpc) is 2.85. The molecule has 1 aromatic carbocycles. The van der Waals surface area contributed by atoms with Gasteiger partial charge in [-0.2, -0.15) is 5.10 Å². The maximum Gasteiger partial charge on any atom is 0.196 e. The van der Waals surface area contributed by atoms with Crippen LogP contribution in [0, 0.1) is 12.7 Å². The molecule has 0 unspecified atom stereocenters. The van der Waals surface area contributed by atoms with Gasteiger partial charge < -0.3 is 0 Å². The summed E-state index contributed by atoms with van der Waals surface area (Å²) in [4.78, 5) is 12.4. The third-order valence-corrected chi connectivity index (χ3v) is 3.11. The van der Waals surface area contributed by atoms with E-state index >= 15 is 0 Å². The molecule has 0 atom stereocenters. The van der Waals surface area contributed by atoms with Crippen molar-refractivity contribution in [2.24, 2.45) is 0 Å². The van der Waals surface area contributed by atoms with Crippen LogP contribution < -0.4 is 0 Å². The van der Waals surface area contributed by atoms with E-state index in [1.165, 1.54) is 12.3 Å². The highest BCUT2D eigenvalue weighted by molar-refractivity contribution is 6.13. The number of halogens is 1. The van der Waals surface area contributed by atoms with Gasteiger partial charge in [-0.25, -0.2) is 8.91 Å². The van der Waals surface area contributed by atoms with E-state index in [4.69, 9.17) is 0 Å². The lowest BCUT2D eigenvalue weighted by Gasteiger charge is -2.01. The number of aromatic nitrogens is 2. The molecule has 3 rings (SSSR count). The normalized spacial score (nSPS) is 10.8. The van der Waals surface area contributed by atoms with Crippen molar-refractivity contribution < 1.29 is 9.18 Å². The smallest absolute Gasteiger partial charge is 0.196 e. The molecule has 0 aliphatic heterocycles. The maximum absolute atomic E-state index is 13.5. The summed E-state index contributed by atoms with van der Waals surface area (Å²) in [5, 5.41) is 4.11. The van der Waals surface area contributed by atoms with Gasteiger partial charge in [-0.15, -0.1) is 0 Å². The van der Waals surface area contributed by atoms with Crippen molar-refractivity contribution in [2.75, 3.05) is 0 Å². The molecule has 0 bridgehead atoms. The summed E-state index contributed by atoms with van der Waals surface area (Å²) in [5.74, 6) is -0.595. The van der Waals surface area contributed by atoms with Crippen LogP contribution in [0.4, 0.5) is 4.39 Å². The molecule has 0 saturated carbocycles. The first-order valence-corrected chi connectivity index (χ1v) is 5.90. The molecule has 0 radical (unpaired) electrons. The Balaban J connectivity index is 2.11. The lowest BCUT2D eigenvalue weighted by molar-refractivity contribution is 0.104. The second-order valence-corrected chi connectivity index (χ2v) is 4.38. The molecule has 3 nitrogen and oxygen atoms in total. The molecular formula is C15H11FN2O. The summed E-state index contributed by atoms with van der Waals surface area (Å²) in [6.07, 6.45) is 3.28. The van der Waals surface area contributed by atoms with Crippen LogP contribution in [-0.4, -0.2) is 15.4 Å². The zero-order valence-corrected chi connectivity index (χ0v) is 10.3. The lowest BCUT2D eigenvalue weighted by Crippen LogP contribution is -2.02. The number of carbonyl (C=O) groups excluding carboxylic acids is 1. The quantitative estimate of drug-likeness (QED) is 0.659. The van der Waals surface area contributed by atoms with E-state index in [9.17, 15) is 9.18 Å². The van der Waals surface area contributed by atoms with Crippen LogP contribution >= 0.6 is 0 Å². The van der Waals surface area contributed by atoms with Crippen molar-refractivity contribution in [1.82, 2.24) is 9.61 Å². The molecule has 3 aromatic rings. The highest BCUT2D eigenvalue weighted by atomic mass is 19.1. The number of aryl methyl sites for hydroxylation is 1. The maximum atomic E-state index is 13.5. The van der Waals surface area contributed by atoms with Crippen LogP contribution in [0.1, 0.15) is 21.5 Å². The SMILES string of the molecule is Cc1ccc(C(=O)c2cnn3ccccc23)cc1F. The fourth-order valence-electron chi connectivity index (χ4n) is 2.00. The van der Waals surface area contributed by atoms with Gasteiger partial charge in [0, 0.05) is 11.8 Å². The number of hydrogen-bond acceptors (Lipinski definition) is 2. The van der Waals surface area contributed by atoms with Crippen LogP contribution in [-0.2, 0) is 0 Å². The van der Waals surface area contributed by atoms with Crippen LogP contribution in [0.25, 0.3) is 5.52 Å². The fraction of sp³-hybridized carbons (Fsp3) is 0.0667. The Bertz CT molecular complexity index is 777. The molecule has 0 fully saturated rings. The highest BCUT2D eigenvalue weighted by Crippen LogP contribution is 2.17. The van der Waals surface area contributed by atoms with Crippen molar-refractivity contribution in [3.8, 4) is 0 Å². The zero-order valence-electron chi connectivity index (χ0n) is 10.3. The molecule has 0 aliphatic rings. The van der Waals surface area contributed by atoms with Crippen molar-refractivity contribution in [3.63, 3.8) is 0 Å². The van der Waals surface area contributed by atoms with E-state index in [1.54, 1.807) is 29.8 Å². The van der Waals surface area contributed by atoms with Crippen molar-refractivity contribution in [1.29, 1.82) is 0 Å². The first kappa shape index (κ1) is 11.6. The summed E-state index contributed by atoms with van der Waals surface area (Å²) in [6, 6.07) is 9.99. The first-order chi connectivity index (χ1) is 9.16. The van der Waals surface area contributed by atoms with Gasteiger partial charge in [-0.05, 0) is 30.7 Å². The van der Waals surface area contributed by atoms with Crippen molar-refractivity contribution in [3.05, 3.63) is 71.3 Å². The van der Waals surface area contributed by atoms with Crippen LogP contribution in [0.2, 0.25) is 0 Å². The minimum Gasteiger partial charge on any atom is -0.288 e. The number of carbonyl (C=O) groups is 1. The Morgan fingerprint density at radius 3 is 2.89 bits per heavy atom. The van der Waals surface area contributed by atoms with Crippen LogP contribution in [0.15, 0.2) is 48.8 Å². The van der Waals surface area contributed by atoms with Gasteiger partial charge in [0.25, 0.3) is 0 Å². The van der Waals surface area contributed by atoms with Crippen molar-refractivity contribution in [2.45, 2.75) is 6.92 Å². The molecule has 2 aromatic heterocycles. The molecule has 0 aliphatic carbocycles. The van der Waals surface area contributed by atoms with Gasteiger partial charge in [-0.1, -0.05) is 18.2 Å². The van der Waals surface area contributed by atoms with Gasteiger partial charge in [0.2, 0.25) is 0 Å². The number of nitrogens with zero attached hydrogens (tertiary/aromatic N) is 2.